The molecule has 0 radical (unpaired) electrons. The van der Waals surface area contributed by atoms with E-state index >= 15 is 0 Å². The van der Waals surface area contributed by atoms with E-state index in [9.17, 15) is 0 Å². The minimum Gasteiger partial charge on any atom is -0.724 e. The average Bonchev–Trinajstić information content (AvgIpc) is 1.96. The van der Waals surface area contributed by atoms with E-state index in [1.54, 1.807) is 0 Å². The average molecular weight is 156 g/mol. The van der Waals surface area contributed by atoms with Crippen molar-refractivity contribution in [2.24, 2.45) is 0 Å². The van der Waals surface area contributed by atoms with Crippen molar-refractivity contribution in [2.75, 3.05) is 0 Å². The van der Waals surface area contributed by atoms with E-state index in [1.807, 2.05) is 13.8 Å². The maximum Gasteiger partial charge on any atom is -0.0159 e. The summed E-state index contributed by atoms with van der Waals surface area (Å²) in [4.78, 5) is 24.7. The lowest BCUT2D eigenvalue weighted by Crippen LogP contribution is -1.13. The van der Waals surface area contributed by atoms with Crippen LogP contribution in [0.5, 0.6) is 0 Å². The maximum absolute atomic E-state index is 8.24. The van der Waals surface area contributed by atoms with Gasteiger partial charge in [-0.1, -0.05) is 13.8 Å². The van der Waals surface area contributed by atoms with Crippen molar-refractivity contribution in [1.82, 2.24) is 0 Å². The van der Waals surface area contributed by atoms with Gasteiger partial charge in [0.2, 0.25) is 0 Å². The maximum atomic E-state index is 8.24. The lowest BCUT2D eigenvalue weighted by atomic mass is 11.0. The van der Waals surface area contributed by atoms with E-state index in [-0.39, 0.29) is 0 Å². The molecular weight excluding hydrogens is 150 g/mol. The molecule has 0 heterocycles. The quantitative estimate of drug-likeness (QED) is 0.379. The van der Waals surface area contributed by atoms with Crippen LogP contribution >= 0.6 is 0 Å². The van der Waals surface area contributed by atoms with Crippen LogP contribution < -0.4 is 0 Å². The zero-order valence-electron chi connectivity index (χ0n) is 6.07. The van der Waals surface area contributed by atoms with Crippen molar-refractivity contribution in [3.8, 4) is 0 Å². The second kappa shape index (κ2) is 319. The molecule has 0 spiro atoms. The van der Waals surface area contributed by atoms with Gasteiger partial charge in [0.05, 0.1) is 0 Å². The second-order valence-corrected chi connectivity index (χ2v) is 0.274. The molecule has 0 aliphatic rings. The monoisotopic (exact) mass is 156 g/mol. The Kier molecular flexibility index (Phi) is 665. The van der Waals surface area contributed by atoms with Crippen LogP contribution in [0.1, 0.15) is 13.8 Å². The molecule has 0 aromatic heterocycles. The summed E-state index contributed by atoms with van der Waals surface area (Å²) in [5, 5.41) is 20.3. The van der Waals surface area contributed by atoms with Gasteiger partial charge in [0.1, 0.15) is 0 Å². The van der Waals surface area contributed by atoms with Crippen molar-refractivity contribution in [3.63, 3.8) is 0 Å². The first-order chi connectivity index (χ1) is 5.24. The number of isocyanates is 3. The zero-order valence-corrected chi connectivity index (χ0v) is 6.07. The summed E-state index contributed by atoms with van der Waals surface area (Å²) in [6.45, 7) is 4.00. The fourth-order valence-electron chi connectivity index (χ4n) is 0. The molecule has 0 fully saturated rings. The molecule has 0 amide bonds. The van der Waals surface area contributed by atoms with Gasteiger partial charge >= 0.3 is 0 Å². The van der Waals surface area contributed by atoms with E-state index in [2.05, 4.69) is 0 Å². The molecule has 0 N–H and O–H groups in total. The molecule has 0 aromatic rings. The molecule has 0 rings (SSSR count). The van der Waals surface area contributed by atoms with Crippen LogP contribution in [0, 0.1) is 0 Å². The number of rotatable bonds is 0. The first kappa shape index (κ1) is 22.9. The van der Waals surface area contributed by atoms with E-state index < -0.39 is 0 Å². The molecule has 0 unspecified atom stereocenters. The standard InChI is InChI=1S/C2H6.3CNO/c1-2;3*2-1-3/h1-2H3;;;/q;3*-1. The van der Waals surface area contributed by atoms with E-state index in [0.29, 0.717) is 18.2 Å². The van der Waals surface area contributed by atoms with Crippen molar-refractivity contribution < 1.29 is 14.4 Å². The molecule has 0 saturated heterocycles. The summed E-state index contributed by atoms with van der Waals surface area (Å²) in [6.07, 6.45) is 1.50. The van der Waals surface area contributed by atoms with Gasteiger partial charge in [0.15, 0.2) is 0 Å². The van der Waals surface area contributed by atoms with Gasteiger partial charge in [0, 0.05) is 0 Å². The highest BCUT2D eigenvalue weighted by Gasteiger charge is 0.932. The number of hydrogen-bond donors (Lipinski definition) is 0. The van der Waals surface area contributed by atoms with Gasteiger partial charge in [-0.25, -0.2) is 0 Å². The Labute approximate surface area is 63.8 Å². The Balaban J connectivity index is -0.0000000301. The van der Waals surface area contributed by atoms with Crippen LogP contribution in [0.3, 0.4) is 0 Å². The van der Waals surface area contributed by atoms with Gasteiger partial charge in [0.25, 0.3) is 0 Å². The van der Waals surface area contributed by atoms with Crippen LogP contribution in [0.25, 0.3) is 16.2 Å². The molecule has 0 bridgehead atoms. The molecule has 0 saturated carbocycles. The highest BCUT2D eigenvalue weighted by molar-refractivity contribution is 5.37. The first-order valence-electron chi connectivity index (χ1n) is 2.28. The highest BCUT2D eigenvalue weighted by atomic mass is 16.1. The third-order valence-corrected chi connectivity index (χ3v) is 0. The smallest absolute Gasteiger partial charge is 0.0159 e. The number of nitrogens with zero attached hydrogens (tertiary/aromatic N) is 3. The molecule has 6 nitrogen and oxygen atoms in total. The molecule has 6 heteroatoms. The van der Waals surface area contributed by atoms with Gasteiger partial charge in [-0.15, -0.1) is 0 Å². The van der Waals surface area contributed by atoms with Crippen molar-refractivity contribution in [1.29, 1.82) is 0 Å². The molecule has 0 atom stereocenters. The second-order valence-electron chi connectivity index (χ2n) is 0.274. The minimum atomic E-state index is 0.500. The minimum absolute atomic E-state index is 0.500. The van der Waals surface area contributed by atoms with E-state index in [1.165, 1.54) is 0 Å². The summed E-state index contributed by atoms with van der Waals surface area (Å²) >= 11 is 0. The molecule has 0 aliphatic carbocycles. The molecule has 62 valence electrons. The number of carbonyl (C=O) groups excluding carboxylic acids is 3. The third-order valence-electron chi connectivity index (χ3n) is 0. The van der Waals surface area contributed by atoms with E-state index in [0.717, 1.165) is 0 Å². The largest absolute Gasteiger partial charge is 0.724 e. The summed E-state index contributed by atoms with van der Waals surface area (Å²) in [6, 6.07) is 0. The normalized spacial score (nSPS) is 2.73. The Morgan fingerprint density at radius 3 is 0.727 bits per heavy atom. The lowest BCUT2D eigenvalue weighted by molar-refractivity contribution is 0.568. The predicted octanol–water partition coefficient (Wildman–Crippen LogP) is 0.701. The molecule has 0 aliphatic heterocycles. The molecule has 11 heavy (non-hydrogen) atoms. The topological polar surface area (TPSA) is 118 Å². The van der Waals surface area contributed by atoms with Gasteiger partial charge in [-0.05, 0) is 18.2 Å². The number of hydrogen-bond acceptors (Lipinski definition) is 3. The Bertz CT molecular complexity index is 109. The fourth-order valence-corrected chi connectivity index (χ4v) is 0. The van der Waals surface area contributed by atoms with Crippen LogP contribution in [0.15, 0.2) is 0 Å². The van der Waals surface area contributed by atoms with Crippen LogP contribution in [-0.4, -0.2) is 18.2 Å². The summed E-state index contributed by atoms with van der Waals surface area (Å²) in [7, 11) is 0. The van der Waals surface area contributed by atoms with Crippen molar-refractivity contribution >= 4 is 18.2 Å². The van der Waals surface area contributed by atoms with E-state index in [4.69, 9.17) is 30.6 Å². The molecular formula is C5H6N3O3-3. The van der Waals surface area contributed by atoms with Gasteiger partial charge in [-0.3, -0.25) is 14.4 Å². The molecule has 0 aromatic carbocycles. The third kappa shape index (κ3) is 88.7. The van der Waals surface area contributed by atoms with Crippen molar-refractivity contribution in [2.45, 2.75) is 13.8 Å². The first-order valence-corrected chi connectivity index (χ1v) is 2.28. The highest BCUT2D eigenvalue weighted by Crippen LogP contribution is 1.14. The van der Waals surface area contributed by atoms with Crippen LogP contribution in [-0.2, 0) is 14.4 Å². The van der Waals surface area contributed by atoms with Crippen LogP contribution in [0.4, 0.5) is 0 Å². The van der Waals surface area contributed by atoms with Gasteiger partial charge in [-0.2, -0.15) is 0 Å². The van der Waals surface area contributed by atoms with Crippen molar-refractivity contribution in [3.05, 3.63) is 16.2 Å². The summed E-state index contributed by atoms with van der Waals surface area (Å²) < 4.78 is 0. The predicted molar refractivity (Wildman–Crippen MR) is 38.5 cm³/mol. The lowest BCUT2D eigenvalue weighted by Gasteiger charge is -1.32. The SMILES string of the molecule is CC.[N-]=C=O.[N-]=C=O.[N-]=C=O. The van der Waals surface area contributed by atoms with Gasteiger partial charge < -0.3 is 16.2 Å². The Hall–Kier alpha value is -1.86. The summed E-state index contributed by atoms with van der Waals surface area (Å²) in [5.74, 6) is 0. The Morgan fingerprint density at radius 1 is 0.727 bits per heavy atom. The summed E-state index contributed by atoms with van der Waals surface area (Å²) in [5.41, 5.74) is 0. The zero-order chi connectivity index (χ0) is 10.1. The Morgan fingerprint density at radius 2 is 0.727 bits per heavy atom. The van der Waals surface area contributed by atoms with Crippen LogP contribution in [0.2, 0.25) is 0 Å². The fraction of sp³-hybridized carbons (Fsp3) is 0.400.